The molecular formula is C17H20N2O3S. The predicted octanol–water partition coefficient (Wildman–Crippen LogP) is 3.19. The molecule has 0 fully saturated rings. The standard InChI is InChI=1S/C17H20N2O3S/c1-10(2)18-16(20)11(3)22-17(21)15-14(19-12(4)23-15)13-8-6-5-7-9-13/h5-11H,1-4H3,(H,18,20)/t11-/m0/s1. The van der Waals surface area contributed by atoms with Crippen LogP contribution in [-0.4, -0.2) is 29.0 Å². The summed E-state index contributed by atoms with van der Waals surface area (Å²) >= 11 is 1.27. The lowest BCUT2D eigenvalue weighted by atomic mass is 10.1. The number of carbonyl (C=O) groups is 2. The van der Waals surface area contributed by atoms with Gasteiger partial charge in [0, 0.05) is 11.6 Å². The molecule has 0 bridgehead atoms. The number of carbonyl (C=O) groups excluding carboxylic acids is 2. The molecule has 0 saturated carbocycles. The highest BCUT2D eigenvalue weighted by Gasteiger charge is 2.24. The molecule has 1 N–H and O–H groups in total. The fraction of sp³-hybridized carbons (Fsp3) is 0.353. The van der Waals surface area contributed by atoms with Crippen LogP contribution in [0.3, 0.4) is 0 Å². The quantitative estimate of drug-likeness (QED) is 0.854. The van der Waals surface area contributed by atoms with E-state index in [1.54, 1.807) is 6.92 Å². The summed E-state index contributed by atoms with van der Waals surface area (Å²) in [6.45, 7) is 7.10. The van der Waals surface area contributed by atoms with E-state index in [4.69, 9.17) is 4.74 Å². The van der Waals surface area contributed by atoms with E-state index < -0.39 is 12.1 Å². The van der Waals surface area contributed by atoms with E-state index in [2.05, 4.69) is 10.3 Å². The molecule has 0 aliphatic heterocycles. The fourth-order valence-corrected chi connectivity index (χ4v) is 2.85. The van der Waals surface area contributed by atoms with Crippen LogP contribution in [0.5, 0.6) is 0 Å². The van der Waals surface area contributed by atoms with E-state index in [0.717, 1.165) is 10.6 Å². The summed E-state index contributed by atoms with van der Waals surface area (Å²) in [7, 11) is 0. The van der Waals surface area contributed by atoms with Gasteiger partial charge in [-0.25, -0.2) is 9.78 Å². The maximum Gasteiger partial charge on any atom is 0.351 e. The molecule has 2 rings (SSSR count). The maximum absolute atomic E-state index is 12.4. The molecule has 1 amide bonds. The topological polar surface area (TPSA) is 68.3 Å². The molecule has 122 valence electrons. The van der Waals surface area contributed by atoms with Crippen LogP contribution in [0.4, 0.5) is 0 Å². The van der Waals surface area contributed by atoms with Gasteiger partial charge in [0.2, 0.25) is 0 Å². The minimum atomic E-state index is -0.851. The third-order valence-electron chi connectivity index (χ3n) is 3.05. The van der Waals surface area contributed by atoms with Crippen molar-refractivity contribution in [2.75, 3.05) is 0 Å². The van der Waals surface area contributed by atoms with Crippen molar-refractivity contribution in [2.24, 2.45) is 0 Å². The van der Waals surface area contributed by atoms with Gasteiger partial charge in [-0.15, -0.1) is 11.3 Å². The monoisotopic (exact) mass is 332 g/mol. The summed E-state index contributed by atoms with van der Waals surface area (Å²) in [6, 6.07) is 9.45. The molecule has 1 heterocycles. The third-order valence-corrected chi connectivity index (χ3v) is 4.00. The number of esters is 1. The lowest BCUT2D eigenvalue weighted by Gasteiger charge is -2.15. The molecule has 1 aromatic heterocycles. The normalized spacial score (nSPS) is 12.0. The van der Waals surface area contributed by atoms with E-state index in [1.807, 2.05) is 51.1 Å². The molecule has 0 saturated heterocycles. The highest BCUT2D eigenvalue weighted by Crippen LogP contribution is 2.28. The summed E-state index contributed by atoms with van der Waals surface area (Å²) in [5.41, 5.74) is 1.44. The number of rotatable bonds is 5. The van der Waals surface area contributed by atoms with E-state index in [1.165, 1.54) is 11.3 Å². The van der Waals surface area contributed by atoms with Crippen LogP contribution in [0, 0.1) is 6.92 Å². The molecule has 5 nitrogen and oxygen atoms in total. The SMILES string of the molecule is Cc1nc(-c2ccccc2)c(C(=O)O[C@@H](C)C(=O)NC(C)C)s1. The number of thiazole rings is 1. The van der Waals surface area contributed by atoms with Crippen molar-refractivity contribution in [1.82, 2.24) is 10.3 Å². The first-order valence-corrected chi connectivity index (χ1v) is 8.24. The highest BCUT2D eigenvalue weighted by molar-refractivity contribution is 7.14. The number of nitrogens with one attached hydrogen (secondary N) is 1. The van der Waals surface area contributed by atoms with Gasteiger partial charge in [-0.3, -0.25) is 4.79 Å². The number of aromatic nitrogens is 1. The summed E-state index contributed by atoms with van der Waals surface area (Å²) < 4.78 is 5.29. The summed E-state index contributed by atoms with van der Waals surface area (Å²) in [5.74, 6) is -0.836. The lowest BCUT2D eigenvalue weighted by Crippen LogP contribution is -2.39. The van der Waals surface area contributed by atoms with Crippen molar-refractivity contribution >= 4 is 23.2 Å². The second kappa shape index (κ2) is 7.37. The Bertz CT molecular complexity index is 695. The van der Waals surface area contributed by atoms with Gasteiger partial charge in [-0.05, 0) is 27.7 Å². The first kappa shape index (κ1) is 17.1. The number of amides is 1. The summed E-state index contributed by atoms with van der Waals surface area (Å²) in [6.07, 6.45) is -0.851. The smallest absolute Gasteiger partial charge is 0.351 e. The number of benzene rings is 1. The summed E-state index contributed by atoms with van der Waals surface area (Å²) in [5, 5.41) is 3.50. The number of nitrogens with zero attached hydrogens (tertiary/aromatic N) is 1. The fourth-order valence-electron chi connectivity index (χ4n) is 2.03. The van der Waals surface area contributed by atoms with Crippen LogP contribution in [-0.2, 0) is 9.53 Å². The molecule has 0 radical (unpaired) electrons. The molecule has 0 aliphatic carbocycles. The number of ether oxygens (including phenoxy) is 1. The molecular weight excluding hydrogens is 312 g/mol. The molecule has 23 heavy (non-hydrogen) atoms. The second-order valence-electron chi connectivity index (χ2n) is 5.49. The Hall–Kier alpha value is -2.21. The third kappa shape index (κ3) is 4.39. The van der Waals surface area contributed by atoms with Gasteiger partial charge in [-0.1, -0.05) is 30.3 Å². The van der Waals surface area contributed by atoms with Crippen LogP contribution in [0.2, 0.25) is 0 Å². The van der Waals surface area contributed by atoms with Gasteiger partial charge in [0.25, 0.3) is 5.91 Å². The minimum Gasteiger partial charge on any atom is -0.448 e. The molecule has 6 heteroatoms. The van der Waals surface area contributed by atoms with Crippen LogP contribution in [0.1, 0.15) is 35.5 Å². The molecule has 0 aliphatic rings. The van der Waals surface area contributed by atoms with Crippen LogP contribution in [0.25, 0.3) is 11.3 Å². The van der Waals surface area contributed by atoms with E-state index in [-0.39, 0.29) is 11.9 Å². The molecule has 1 aromatic carbocycles. The number of hydrogen-bond donors (Lipinski definition) is 1. The Balaban J connectivity index is 2.19. The van der Waals surface area contributed by atoms with Crippen molar-refractivity contribution in [1.29, 1.82) is 0 Å². The Morgan fingerprint density at radius 3 is 2.43 bits per heavy atom. The zero-order chi connectivity index (χ0) is 17.0. The van der Waals surface area contributed by atoms with E-state index >= 15 is 0 Å². The maximum atomic E-state index is 12.4. The zero-order valence-electron chi connectivity index (χ0n) is 13.6. The number of hydrogen-bond acceptors (Lipinski definition) is 5. The van der Waals surface area contributed by atoms with Gasteiger partial charge >= 0.3 is 5.97 Å². The lowest BCUT2D eigenvalue weighted by molar-refractivity contribution is -0.129. The van der Waals surface area contributed by atoms with Crippen molar-refractivity contribution in [2.45, 2.75) is 39.8 Å². The molecule has 0 unspecified atom stereocenters. The van der Waals surface area contributed by atoms with Gasteiger partial charge < -0.3 is 10.1 Å². The average Bonchev–Trinajstić information content (AvgIpc) is 2.89. The highest BCUT2D eigenvalue weighted by atomic mass is 32.1. The number of aryl methyl sites for hydroxylation is 1. The Morgan fingerprint density at radius 1 is 1.17 bits per heavy atom. The average molecular weight is 332 g/mol. The van der Waals surface area contributed by atoms with Crippen LogP contribution >= 0.6 is 11.3 Å². The minimum absolute atomic E-state index is 0.00539. The van der Waals surface area contributed by atoms with E-state index in [9.17, 15) is 9.59 Å². The van der Waals surface area contributed by atoms with Crippen molar-refractivity contribution < 1.29 is 14.3 Å². The first-order valence-electron chi connectivity index (χ1n) is 7.42. The van der Waals surface area contributed by atoms with Gasteiger partial charge in [-0.2, -0.15) is 0 Å². The zero-order valence-corrected chi connectivity index (χ0v) is 14.4. The van der Waals surface area contributed by atoms with Crippen molar-refractivity contribution in [3.63, 3.8) is 0 Å². The van der Waals surface area contributed by atoms with Gasteiger partial charge in [0.15, 0.2) is 6.10 Å². The summed E-state index contributed by atoms with van der Waals surface area (Å²) in [4.78, 5) is 29.1. The Morgan fingerprint density at radius 2 is 1.83 bits per heavy atom. The Labute approximate surface area is 139 Å². The van der Waals surface area contributed by atoms with Gasteiger partial charge in [0.05, 0.1) is 10.7 Å². The predicted molar refractivity (Wildman–Crippen MR) is 90.4 cm³/mol. The molecule has 0 spiro atoms. The molecule has 2 aromatic rings. The van der Waals surface area contributed by atoms with Crippen LogP contribution in [0.15, 0.2) is 30.3 Å². The van der Waals surface area contributed by atoms with Crippen molar-refractivity contribution in [3.8, 4) is 11.3 Å². The second-order valence-corrected chi connectivity index (χ2v) is 6.69. The van der Waals surface area contributed by atoms with Crippen LogP contribution < -0.4 is 5.32 Å². The van der Waals surface area contributed by atoms with Gasteiger partial charge in [0.1, 0.15) is 4.88 Å². The largest absolute Gasteiger partial charge is 0.448 e. The van der Waals surface area contributed by atoms with E-state index in [0.29, 0.717) is 10.6 Å². The first-order chi connectivity index (χ1) is 10.9. The Kier molecular flexibility index (Phi) is 5.50. The van der Waals surface area contributed by atoms with Crippen molar-refractivity contribution in [3.05, 3.63) is 40.2 Å². The molecule has 1 atom stereocenters.